The van der Waals surface area contributed by atoms with Crippen LogP contribution in [0.15, 0.2) is 36.4 Å². The first-order valence-corrected chi connectivity index (χ1v) is 5.73. The van der Waals surface area contributed by atoms with Gasteiger partial charge >= 0.3 is 5.97 Å². The zero-order chi connectivity index (χ0) is 13.1. The first kappa shape index (κ1) is 13.5. The molecule has 0 radical (unpaired) electrons. The number of ether oxygens (including phenoxy) is 1. The van der Waals surface area contributed by atoms with Crippen molar-refractivity contribution in [3.05, 3.63) is 47.5 Å². The lowest BCUT2D eigenvalue weighted by molar-refractivity contribution is 0.0540. The molecule has 0 fully saturated rings. The third-order valence-electron chi connectivity index (χ3n) is 2.44. The molecule has 0 unspecified atom stereocenters. The molecular formula is C15H20O2. The number of hydrogen-bond acceptors (Lipinski definition) is 2. The number of esters is 1. The first-order chi connectivity index (χ1) is 7.80. The minimum Gasteiger partial charge on any atom is -0.458 e. The van der Waals surface area contributed by atoms with Crippen LogP contribution in [0.2, 0.25) is 0 Å². The van der Waals surface area contributed by atoms with Crippen molar-refractivity contribution in [2.24, 2.45) is 0 Å². The van der Waals surface area contributed by atoms with Crippen molar-refractivity contribution < 1.29 is 9.53 Å². The molecule has 0 saturated heterocycles. The van der Waals surface area contributed by atoms with Gasteiger partial charge in [0, 0.05) is 0 Å². The van der Waals surface area contributed by atoms with Crippen molar-refractivity contribution in [1.82, 2.24) is 0 Å². The minimum absolute atomic E-state index is 0.0974. The van der Waals surface area contributed by atoms with E-state index in [-0.39, 0.29) is 18.0 Å². The van der Waals surface area contributed by atoms with E-state index in [9.17, 15) is 4.79 Å². The average molecular weight is 232 g/mol. The van der Waals surface area contributed by atoms with E-state index in [1.807, 2.05) is 19.1 Å². The van der Waals surface area contributed by atoms with Gasteiger partial charge in [-0.2, -0.15) is 0 Å². The van der Waals surface area contributed by atoms with Gasteiger partial charge in [-0.25, -0.2) is 4.79 Å². The molecule has 0 aliphatic heterocycles. The van der Waals surface area contributed by atoms with Gasteiger partial charge in [-0.1, -0.05) is 39.5 Å². The summed E-state index contributed by atoms with van der Waals surface area (Å²) in [6.07, 6.45) is 0. The SMILES string of the molecule is C=C(C)COC(=O)c1ccc(C(C)(C)C)cc1. The predicted octanol–water partition coefficient (Wildman–Crippen LogP) is 3.72. The highest BCUT2D eigenvalue weighted by molar-refractivity contribution is 5.89. The first-order valence-electron chi connectivity index (χ1n) is 5.73. The third-order valence-corrected chi connectivity index (χ3v) is 2.44. The number of carbonyl (C=O) groups excluding carboxylic acids is 1. The maximum absolute atomic E-state index is 11.6. The zero-order valence-electron chi connectivity index (χ0n) is 11.0. The molecule has 0 aliphatic carbocycles. The van der Waals surface area contributed by atoms with Crippen LogP contribution in [-0.4, -0.2) is 12.6 Å². The molecule has 0 N–H and O–H groups in total. The maximum atomic E-state index is 11.6. The van der Waals surface area contributed by atoms with Crippen molar-refractivity contribution in [3.63, 3.8) is 0 Å². The summed E-state index contributed by atoms with van der Waals surface area (Å²) in [5.41, 5.74) is 2.72. The lowest BCUT2D eigenvalue weighted by Gasteiger charge is -2.18. The van der Waals surface area contributed by atoms with Gasteiger partial charge in [-0.05, 0) is 35.6 Å². The molecule has 1 aromatic carbocycles. The Morgan fingerprint density at radius 2 is 1.76 bits per heavy atom. The summed E-state index contributed by atoms with van der Waals surface area (Å²) < 4.78 is 5.08. The van der Waals surface area contributed by atoms with Crippen LogP contribution in [0.3, 0.4) is 0 Å². The molecule has 0 saturated carbocycles. The Bertz CT molecular complexity index is 408. The van der Waals surface area contributed by atoms with Crippen molar-refractivity contribution in [3.8, 4) is 0 Å². The Morgan fingerprint density at radius 1 is 1.24 bits per heavy atom. The molecular weight excluding hydrogens is 212 g/mol. The third kappa shape index (κ3) is 4.06. The zero-order valence-corrected chi connectivity index (χ0v) is 11.0. The van der Waals surface area contributed by atoms with E-state index in [1.54, 1.807) is 12.1 Å². The van der Waals surface area contributed by atoms with Gasteiger partial charge in [-0.3, -0.25) is 0 Å². The van der Waals surface area contributed by atoms with Crippen molar-refractivity contribution >= 4 is 5.97 Å². The molecule has 0 amide bonds. The highest BCUT2D eigenvalue weighted by Crippen LogP contribution is 2.22. The molecule has 0 bridgehead atoms. The summed E-state index contributed by atoms with van der Waals surface area (Å²) in [7, 11) is 0. The highest BCUT2D eigenvalue weighted by atomic mass is 16.5. The second kappa shape index (κ2) is 5.17. The fourth-order valence-electron chi connectivity index (χ4n) is 1.38. The molecule has 0 spiro atoms. The van der Waals surface area contributed by atoms with Gasteiger partial charge in [0.1, 0.15) is 6.61 Å². The second-order valence-corrected chi connectivity index (χ2v) is 5.36. The Morgan fingerprint density at radius 3 is 2.18 bits per heavy atom. The van der Waals surface area contributed by atoms with Gasteiger partial charge < -0.3 is 4.74 Å². The van der Waals surface area contributed by atoms with Crippen molar-refractivity contribution in [2.45, 2.75) is 33.1 Å². The largest absolute Gasteiger partial charge is 0.458 e. The summed E-state index contributed by atoms with van der Waals surface area (Å²) in [5, 5.41) is 0. The Kier molecular flexibility index (Phi) is 4.11. The standard InChI is InChI=1S/C15H20O2/c1-11(2)10-17-14(16)12-6-8-13(9-7-12)15(3,4)5/h6-9H,1,10H2,2-5H3. The van der Waals surface area contributed by atoms with E-state index in [1.165, 1.54) is 5.56 Å². The number of benzene rings is 1. The summed E-state index contributed by atoms with van der Waals surface area (Å²) in [6.45, 7) is 12.2. The molecule has 92 valence electrons. The smallest absolute Gasteiger partial charge is 0.338 e. The topological polar surface area (TPSA) is 26.3 Å². The van der Waals surface area contributed by atoms with Crippen LogP contribution < -0.4 is 0 Å². The monoisotopic (exact) mass is 232 g/mol. The van der Waals surface area contributed by atoms with Crippen LogP contribution in [0.25, 0.3) is 0 Å². The molecule has 2 nitrogen and oxygen atoms in total. The van der Waals surface area contributed by atoms with E-state index in [2.05, 4.69) is 27.4 Å². The number of rotatable bonds is 3. The van der Waals surface area contributed by atoms with E-state index >= 15 is 0 Å². The Hall–Kier alpha value is -1.57. The van der Waals surface area contributed by atoms with Gasteiger partial charge in [0.2, 0.25) is 0 Å². The summed E-state index contributed by atoms with van der Waals surface area (Å²) in [4.78, 5) is 11.6. The Labute approximate surface area is 103 Å². The van der Waals surface area contributed by atoms with Gasteiger partial charge in [0.15, 0.2) is 0 Å². The molecule has 17 heavy (non-hydrogen) atoms. The van der Waals surface area contributed by atoms with Gasteiger partial charge in [0.05, 0.1) is 5.56 Å². The number of hydrogen-bond donors (Lipinski definition) is 0. The minimum atomic E-state index is -0.298. The molecule has 1 rings (SSSR count). The van der Waals surface area contributed by atoms with Crippen LogP contribution in [0.1, 0.15) is 43.6 Å². The van der Waals surface area contributed by atoms with E-state index in [4.69, 9.17) is 4.74 Å². The molecule has 0 atom stereocenters. The molecule has 2 heteroatoms. The summed E-state index contributed by atoms with van der Waals surface area (Å²) in [6, 6.07) is 7.55. The van der Waals surface area contributed by atoms with Crippen molar-refractivity contribution in [1.29, 1.82) is 0 Å². The Balaban J connectivity index is 2.74. The molecule has 0 heterocycles. The van der Waals surface area contributed by atoms with E-state index < -0.39 is 0 Å². The van der Waals surface area contributed by atoms with Crippen LogP contribution in [0.5, 0.6) is 0 Å². The molecule has 0 aliphatic rings. The fourth-order valence-corrected chi connectivity index (χ4v) is 1.38. The van der Waals surface area contributed by atoms with Crippen LogP contribution >= 0.6 is 0 Å². The predicted molar refractivity (Wildman–Crippen MR) is 70.2 cm³/mol. The normalized spacial score (nSPS) is 11.1. The summed E-state index contributed by atoms with van der Waals surface area (Å²) >= 11 is 0. The second-order valence-electron chi connectivity index (χ2n) is 5.36. The molecule has 1 aromatic rings. The lowest BCUT2D eigenvalue weighted by Crippen LogP contribution is -2.12. The lowest BCUT2D eigenvalue weighted by atomic mass is 9.87. The highest BCUT2D eigenvalue weighted by Gasteiger charge is 2.14. The summed E-state index contributed by atoms with van der Waals surface area (Å²) in [5.74, 6) is -0.298. The van der Waals surface area contributed by atoms with Crippen LogP contribution in [0.4, 0.5) is 0 Å². The van der Waals surface area contributed by atoms with Crippen LogP contribution in [0, 0.1) is 0 Å². The average Bonchev–Trinajstić information content (AvgIpc) is 2.25. The molecule has 0 aromatic heterocycles. The number of carbonyl (C=O) groups is 1. The quantitative estimate of drug-likeness (QED) is 0.586. The van der Waals surface area contributed by atoms with E-state index in [0.717, 1.165) is 5.57 Å². The van der Waals surface area contributed by atoms with Crippen molar-refractivity contribution in [2.75, 3.05) is 6.61 Å². The maximum Gasteiger partial charge on any atom is 0.338 e. The van der Waals surface area contributed by atoms with Crippen LogP contribution in [-0.2, 0) is 10.2 Å². The van der Waals surface area contributed by atoms with Gasteiger partial charge in [0.25, 0.3) is 0 Å². The fraction of sp³-hybridized carbons (Fsp3) is 0.400. The van der Waals surface area contributed by atoms with E-state index in [0.29, 0.717) is 5.56 Å². The van der Waals surface area contributed by atoms with Gasteiger partial charge in [-0.15, -0.1) is 0 Å².